The summed E-state index contributed by atoms with van der Waals surface area (Å²) >= 11 is 0. The first-order valence-electron chi connectivity index (χ1n) is 7.87. The minimum Gasteiger partial charge on any atom is -0.494 e. The summed E-state index contributed by atoms with van der Waals surface area (Å²) in [5.41, 5.74) is 10.3. The summed E-state index contributed by atoms with van der Waals surface area (Å²) in [7, 11) is 0. The van der Waals surface area contributed by atoms with E-state index in [0.29, 0.717) is 12.5 Å². The lowest BCUT2D eigenvalue weighted by molar-refractivity contribution is 0.335. The Morgan fingerprint density at radius 2 is 1.71 bits per heavy atom. The Morgan fingerprint density at radius 3 is 2.38 bits per heavy atom. The van der Waals surface area contributed by atoms with Gasteiger partial charge in [-0.25, -0.2) is 0 Å². The Hall–Kier alpha value is -1.80. The molecule has 0 aromatic heterocycles. The van der Waals surface area contributed by atoms with Gasteiger partial charge in [0.05, 0.1) is 12.6 Å². The van der Waals surface area contributed by atoms with Crippen molar-refractivity contribution in [1.82, 2.24) is 0 Å². The number of hydrogen-bond acceptors (Lipinski definition) is 2. The van der Waals surface area contributed by atoms with E-state index in [9.17, 15) is 0 Å². The predicted molar refractivity (Wildman–Crippen MR) is 86.7 cm³/mol. The van der Waals surface area contributed by atoms with Crippen LogP contribution in [-0.2, 0) is 0 Å². The Kier molecular flexibility index (Phi) is 4.26. The highest BCUT2D eigenvalue weighted by molar-refractivity contribution is 5.45. The normalized spacial score (nSPS) is 16.3. The van der Waals surface area contributed by atoms with Gasteiger partial charge in [0.15, 0.2) is 0 Å². The molecule has 1 saturated carbocycles. The molecule has 2 aromatic carbocycles. The van der Waals surface area contributed by atoms with Crippen LogP contribution in [0.1, 0.15) is 54.8 Å². The number of ether oxygens (including phenoxy) is 1. The van der Waals surface area contributed by atoms with Gasteiger partial charge in [0, 0.05) is 5.56 Å². The molecule has 2 N–H and O–H groups in total. The van der Waals surface area contributed by atoms with Crippen LogP contribution in [0.2, 0.25) is 0 Å². The zero-order valence-corrected chi connectivity index (χ0v) is 12.6. The van der Waals surface area contributed by atoms with Gasteiger partial charge in [-0.1, -0.05) is 48.9 Å². The summed E-state index contributed by atoms with van der Waals surface area (Å²) in [6, 6.07) is 16.6. The van der Waals surface area contributed by atoms with E-state index >= 15 is 0 Å². The molecule has 1 aliphatic rings. The number of hydrogen-bond donors (Lipinski definition) is 1. The molecule has 0 bridgehead atoms. The van der Waals surface area contributed by atoms with Crippen molar-refractivity contribution in [3.05, 3.63) is 65.2 Å². The lowest BCUT2D eigenvalue weighted by atomic mass is 9.76. The lowest BCUT2D eigenvalue weighted by Gasteiger charge is -2.30. The molecule has 1 aliphatic carbocycles. The van der Waals surface area contributed by atoms with Crippen molar-refractivity contribution in [2.45, 2.75) is 38.1 Å². The third-order valence-corrected chi connectivity index (χ3v) is 4.43. The lowest BCUT2D eigenvalue weighted by Crippen LogP contribution is -2.19. The first-order valence-corrected chi connectivity index (χ1v) is 7.87. The standard InChI is InChI=1S/C19H23NO/c1-2-21-18-13-6-5-12-17(18)19(20)16-11-4-3-10-15(16)14-8-7-9-14/h3-6,10-14,19H,2,7-9,20H2,1H3. The largest absolute Gasteiger partial charge is 0.494 e. The monoisotopic (exact) mass is 281 g/mol. The fourth-order valence-corrected chi connectivity index (χ4v) is 3.08. The minimum atomic E-state index is -0.121. The second-order valence-corrected chi connectivity index (χ2v) is 5.71. The molecule has 0 saturated heterocycles. The summed E-state index contributed by atoms with van der Waals surface area (Å²) in [6.07, 6.45) is 3.91. The van der Waals surface area contributed by atoms with E-state index in [1.165, 1.54) is 30.4 Å². The van der Waals surface area contributed by atoms with Gasteiger partial charge in [-0.15, -0.1) is 0 Å². The van der Waals surface area contributed by atoms with E-state index in [1.807, 2.05) is 25.1 Å². The highest BCUT2D eigenvalue weighted by Crippen LogP contribution is 2.41. The first kappa shape index (κ1) is 14.2. The summed E-state index contributed by atoms with van der Waals surface area (Å²) in [4.78, 5) is 0. The molecule has 2 heteroatoms. The van der Waals surface area contributed by atoms with Gasteiger partial charge in [0.2, 0.25) is 0 Å². The summed E-state index contributed by atoms with van der Waals surface area (Å²) in [5, 5.41) is 0. The van der Waals surface area contributed by atoms with E-state index in [-0.39, 0.29) is 6.04 Å². The van der Waals surface area contributed by atoms with Crippen molar-refractivity contribution < 1.29 is 4.74 Å². The van der Waals surface area contributed by atoms with Crippen molar-refractivity contribution in [1.29, 1.82) is 0 Å². The Balaban J connectivity index is 1.97. The molecular formula is C19H23NO. The van der Waals surface area contributed by atoms with Gasteiger partial charge in [0.25, 0.3) is 0 Å². The third-order valence-electron chi connectivity index (χ3n) is 4.43. The van der Waals surface area contributed by atoms with Crippen LogP contribution < -0.4 is 10.5 Å². The Labute approximate surface area is 126 Å². The number of rotatable bonds is 5. The average molecular weight is 281 g/mol. The Morgan fingerprint density at radius 1 is 1.05 bits per heavy atom. The Bertz CT molecular complexity index is 604. The molecule has 1 atom stereocenters. The number of nitrogens with two attached hydrogens (primary N) is 1. The van der Waals surface area contributed by atoms with Gasteiger partial charge in [-0.05, 0) is 42.9 Å². The van der Waals surface area contributed by atoms with Crippen molar-refractivity contribution in [2.75, 3.05) is 6.61 Å². The van der Waals surface area contributed by atoms with E-state index in [0.717, 1.165) is 11.3 Å². The molecule has 2 aromatic rings. The summed E-state index contributed by atoms with van der Waals surface area (Å²) < 4.78 is 5.74. The van der Waals surface area contributed by atoms with Gasteiger partial charge in [-0.2, -0.15) is 0 Å². The van der Waals surface area contributed by atoms with Gasteiger partial charge < -0.3 is 10.5 Å². The maximum absolute atomic E-state index is 6.58. The maximum atomic E-state index is 6.58. The molecule has 110 valence electrons. The molecule has 0 radical (unpaired) electrons. The summed E-state index contributed by atoms with van der Waals surface area (Å²) in [5.74, 6) is 1.59. The van der Waals surface area contributed by atoms with Crippen LogP contribution in [0.25, 0.3) is 0 Å². The SMILES string of the molecule is CCOc1ccccc1C(N)c1ccccc1C1CCC1. The average Bonchev–Trinajstić information content (AvgIpc) is 2.46. The first-order chi connectivity index (χ1) is 10.3. The van der Waals surface area contributed by atoms with Crippen LogP contribution in [0.3, 0.4) is 0 Å². The number of benzene rings is 2. The molecular weight excluding hydrogens is 258 g/mol. The van der Waals surface area contributed by atoms with Crippen molar-refractivity contribution in [3.8, 4) is 5.75 Å². The zero-order chi connectivity index (χ0) is 14.7. The minimum absolute atomic E-state index is 0.121. The molecule has 3 rings (SSSR count). The highest BCUT2D eigenvalue weighted by Gasteiger charge is 2.25. The molecule has 0 amide bonds. The topological polar surface area (TPSA) is 35.2 Å². The van der Waals surface area contributed by atoms with Crippen LogP contribution in [-0.4, -0.2) is 6.61 Å². The molecule has 0 aliphatic heterocycles. The fraction of sp³-hybridized carbons (Fsp3) is 0.368. The zero-order valence-electron chi connectivity index (χ0n) is 12.6. The van der Waals surface area contributed by atoms with E-state index in [2.05, 4.69) is 30.3 Å². The maximum Gasteiger partial charge on any atom is 0.124 e. The fourth-order valence-electron chi connectivity index (χ4n) is 3.08. The summed E-state index contributed by atoms with van der Waals surface area (Å²) in [6.45, 7) is 2.67. The molecule has 1 unspecified atom stereocenters. The van der Waals surface area contributed by atoms with E-state index in [1.54, 1.807) is 0 Å². The highest BCUT2D eigenvalue weighted by atomic mass is 16.5. The van der Waals surface area contributed by atoms with E-state index in [4.69, 9.17) is 10.5 Å². The van der Waals surface area contributed by atoms with Crippen molar-refractivity contribution >= 4 is 0 Å². The van der Waals surface area contributed by atoms with Gasteiger partial charge >= 0.3 is 0 Å². The van der Waals surface area contributed by atoms with Crippen molar-refractivity contribution in [2.24, 2.45) is 5.73 Å². The quantitative estimate of drug-likeness (QED) is 0.881. The molecule has 0 heterocycles. The van der Waals surface area contributed by atoms with Crippen LogP contribution in [0.4, 0.5) is 0 Å². The predicted octanol–water partition coefficient (Wildman–Crippen LogP) is 4.40. The second-order valence-electron chi connectivity index (χ2n) is 5.71. The van der Waals surface area contributed by atoms with Crippen LogP contribution >= 0.6 is 0 Å². The third kappa shape index (κ3) is 2.81. The van der Waals surface area contributed by atoms with Gasteiger partial charge in [-0.3, -0.25) is 0 Å². The molecule has 21 heavy (non-hydrogen) atoms. The second kappa shape index (κ2) is 6.31. The van der Waals surface area contributed by atoms with Crippen LogP contribution in [0, 0.1) is 0 Å². The van der Waals surface area contributed by atoms with Crippen LogP contribution in [0.5, 0.6) is 5.75 Å². The van der Waals surface area contributed by atoms with Crippen molar-refractivity contribution in [3.63, 3.8) is 0 Å². The van der Waals surface area contributed by atoms with Crippen LogP contribution in [0.15, 0.2) is 48.5 Å². The molecule has 1 fully saturated rings. The van der Waals surface area contributed by atoms with Gasteiger partial charge in [0.1, 0.15) is 5.75 Å². The smallest absolute Gasteiger partial charge is 0.124 e. The molecule has 0 spiro atoms. The number of para-hydroxylation sites is 1. The van der Waals surface area contributed by atoms with E-state index < -0.39 is 0 Å². The molecule has 2 nitrogen and oxygen atoms in total.